The van der Waals surface area contributed by atoms with Gasteiger partial charge in [-0.25, -0.2) is 4.39 Å². The Labute approximate surface area is 158 Å². The number of halogens is 1. The second-order valence-corrected chi connectivity index (χ2v) is 7.29. The predicted molar refractivity (Wildman–Crippen MR) is 105 cm³/mol. The quantitative estimate of drug-likeness (QED) is 0.729. The maximum absolute atomic E-state index is 13.4. The number of hydrogen-bond donors (Lipinski definition) is 2. The van der Waals surface area contributed by atoms with Gasteiger partial charge in [-0.3, -0.25) is 4.98 Å². The fourth-order valence-corrected chi connectivity index (χ4v) is 3.89. The van der Waals surface area contributed by atoms with Gasteiger partial charge in [-0.15, -0.1) is 0 Å². The van der Waals surface area contributed by atoms with Crippen molar-refractivity contribution in [2.75, 3.05) is 20.1 Å². The van der Waals surface area contributed by atoms with E-state index >= 15 is 0 Å². The highest BCUT2D eigenvalue weighted by Crippen LogP contribution is 2.38. The number of hydrogen-bond acceptors (Lipinski definition) is 3. The second kappa shape index (κ2) is 7.62. The minimum Gasteiger partial charge on any atom is -0.392 e. The number of benzene rings is 1. The van der Waals surface area contributed by atoms with E-state index in [4.69, 9.17) is 0 Å². The monoisotopic (exact) mass is 365 g/mol. The van der Waals surface area contributed by atoms with E-state index in [0.29, 0.717) is 5.92 Å². The largest absolute Gasteiger partial charge is 0.392 e. The number of H-pyrrole nitrogens is 1. The summed E-state index contributed by atoms with van der Waals surface area (Å²) in [6.07, 6.45) is 5.67. The van der Waals surface area contributed by atoms with E-state index in [1.54, 1.807) is 24.5 Å². The Kier molecular flexibility index (Phi) is 5.05. The molecule has 1 aliphatic rings. The molecule has 1 saturated heterocycles. The number of aliphatic hydroxyl groups is 1. The van der Waals surface area contributed by atoms with Gasteiger partial charge in [-0.2, -0.15) is 0 Å². The maximum atomic E-state index is 13.4. The van der Waals surface area contributed by atoms with Crippen molar-refractivity contribution < 1.29 is 9.50 Å². The number of aliphatic hydroxyl groups excluding tert-OH is 1. The van der Waals surface area contributed by atoms with Crippen molar-refractivity contribution in [3.05, 3.63) is 65.9 Å². The highest BCUT2D eigenvalue weighted by Gasteiger charge is 2.23. The first-order valence-electron chi connectivity index (χ1n) is 9.37. The Morgan fingerprint density at radius 2 is 1.89 bits per heavy atom. The molecule has 0 amide bonds. The molecule has 1 fully saturated rings. The normalized spacial score (nSPS) is 16.0. The highest BCUT2D eigenvalue weighted by atomic mass is 19.1. The molecular weight excluding hydrogens is 341 g/mol. The molecule has 1 aliphatic heterocycles. The minimum atomic E-state index is -0.248. The summed E-state index contributed by atoms with van der Waals surface area (Å²) in [4.78, 5) is 10.1. The van der Waals surface area contributed by atoms with Crippen molar-refractivity contribution in [3.8, 4) is 22.4 Å². The van der Waals surface area contributed by atoms with E-state index < -0.39 is 0 Å². The number of nitrogens with zero attached hydrogens (tertiary/aromatic N) is 2. The third kappa shape index (κ3) is 3.66. The summed E-state index contributed by atoms with van der Waals surface area (Å²) in [6.45, 7) is 2.10. The molecule has 4 rings (SSSR count). The van der Waals surface area contributed by atoms with Crippen molar-refractivity contribution in [2.45, 2.75) is 25.4 Å². The molecule has 1 aromatic carbocycles. The van der Waals surface area contributed by atoms with Crippen LogP contribution >= 0.6 is 0 Å². The van der Waals surface area contributed by atoms with Crippen LogP contribution in [0.1, 0.15) is 30.0 Å². The zero-order chi connectivity index (χ0) is 18.8. The van der Waals surface area contributed by atoms with Crippen molar-refractivity contribution in [3.63, 3.8) is 0 Å². The number of likely N-dealkylation sites (tertiary alicyclic amines) is 1. The molecule has 0 saturated carbocycles. The third-order valence-electron chi connectivity index (χ3n) is 5.49. The van der Waals surface area contributed by atoms with Crippen LogP contribution in [0.5, 0.6) is 0 Å². The summed E-state index contributed by atoms with van der Waals surface area (Å²) < 4.78 is 13.4. The average molecular weight is 365 g/mol. The van der Waals surface area contributed by atoms with E-state index in [9.17, 15) is 9.50 Å². The predicted octanol–water partition coefficient (Wildman–Crippen LogP) is 4.18. The molecule has 0 radical (unpaired) electrons. The van der Waals surface area contributed by atoms with Gasteiger partial charge >= 0.3 is 0 Å². The molecular formula is C22H24FN3O. The standard InChI is InChI=1S/C22H24FN3O/c1-26-10-7-15(8-11-26)21-12-20(19-6-9-24-13-17(19)14-27)22(25-21)16-2-4-18(23)5-3-16/h2-6,9,12-13,15,25,27H,7-8,10-11,14H2,1H3. The summed E-state index contributed by atoms with van der Waals surface area (Å²) in [6, 6.07) is 10.7. The molecule has 140 valence electrons. The minimum absolute atomic E-state index is 0.0687. The summed E-state index contributed by atoms with van der Waals surface area (Å²) in [5.41, 5.74) is 5.88. The molecule has 3 aromatic rings. The van der Waals surface area contributed by atoms with Gasteiger partial charge in [0.15, 0.2) is 0 Å². The molecule has 3 heterocycles. The summed E-state index contributed by atoms with van der Waals surface area (Å²) >= 11 is 0. The fraction of sp³-hybridized carbons (Fsp3) is 0.318. The van der Waals surface area contributed by atoms with Crippen LogP contribution in [0.3, 0.4) is 0 Å². The van der Waals surface area contributed by atoms with Gasteiger partial charge in [0.05, 0.1) is 12.3 Å². The van der Waals surface area contributed by atoms with Gasteiger partial charge in [0.25, 0.3) is 0 Å². The van der Waals surface area contributed by atoms with Gasteiger partial charge in [0.1, 0.15) is 5.82 Å². The lowest BCUT2D eigenvalue weighted by atomic mass is 9.93. The molecule has 0 atom stereocenters. The van der Waals surface area contributed by atoms with E-state index in [2.05, 4.69) is 28.0 Å². The Bertz CT molecular complexity index is 912. The van der Waals surface area contributed by atoms with Crippen LogP contribution in [0.4, 0.5) is 4.39 Å². The van der Waals surface area contributed by atoms with Gasteiger partial charge < -0.3 is 15.0 Å². The van der Waals surface area contributed by atoms with Crippen molar-refractivity contribution >= 4 is 0 Å². The van der Waals surface area contributed by atoms with Crippen LogP contribution < -0.4 is 0 Å². The second-order valence-electron chi connectivity index (χ2n) is 7.29. The lowest BCUT2D eigenvalue weighted by Gasteiger charge is -2.28. The van der Waals surface area contributed by atoms with Crippen LogP contribution in [0.2, 0.25) is 0 Å². The summed E-state index contributed by atoms with van der Waals surface area (Å²) in [5, 5.41) is 9.76. The number of aromatic nitrogens is 2. The first kappa shape index (κ1) is 17.9. The molecule has 4 nitrogen and oxygen atoms in total. The Morgan fingerprint density at radius 3 is 2.59 bits per heavy atom. The van der Waals surface area contributed by atoms with Crippen LogP contribution in [-0.2, 0) is 6.61 Å². The van der Waals surface area contributed by atoms with Gasteiger partial charge in [0.2, 0.25) is 0 Å². The van der Waals surface area contributed by atoms with Gasteiger partial charge in [0, 0.05) is 35.1 Å². The van der Waals surface area contributed by atoms with Crippen molar-refractivity contribution in [1.29, 1.82) is 0 Å². The van der Waals surface area contributed by atoms with E-state index in [-0.39, 0.29) is 12.4 Å². The van der Waals surface area contributed by atoms with Crippen LogP contribution in [0, 0.1) is 5.82 Å². The molecule has 2 aromatic heterocycles. The molecule has 0 spiro atoms. The Balaban J connectivity index is 1.81. The molecule has 0 bridgehead atoms. The van der Waals surface area contributed by atoms with E-state index in [1.165, 1.54) is 17.8 Å². The zero-order valence-electron chi connectivity index (χ0n) is 15.5. The first-order chi connectivity index (χ1) is 13.2. The lowest BCUT2D eigenvalue weighted by Crippen LogP contribution is -2.29. The van der Waals surface area contributed by atoms with Crippen LogP contribution in [0.15, 0.2) is 48.8 Å². The highest BCUT2D eigenvalue weighted by molar-refractivity contribution is 5.83. The smallest absolute Gasteiger partial charge is 0.123 e. The van der Waals surface area contributed by atoms with Gasteiger partial charge in [-0.1, -0.05) is 0 Å². The summed E-state index contributed by atoms with van der Waals surface area (Å²) in [7, 11) is 2.16. The third-order valence-corrected chi connectivity index (χ3v) is 5.49. The van der Waals surface area contributed by atoms with Gasteiger partial charge in [-0.05, 0) is 80.5 Å². The maximum Gasteiger partial charge on any atom is 0.123 e. The number of piperidine rings is 1. The summed E-state index contributed by atoms with van der Waals surface area (Å²) in [5.74, 6) is 0.232. The molecule has 2 N–H and O–H groups in total. The zero-order valence-corrected chi connectivity index (χ0v) is 15.5. The van der Waals surface area contributed by atoms with E-state index in [1.807, 2.05) is 6.07 Å². The number of aromatic amines is 1. The van der Waals surface area contributed by atoms with E-state index in [0.717, 1.165) is 53.9 Å². The number of nitrogens with one attached hydrogen (secondary N) is 1. The van der Waals surface area contributed by atoms with Crippen LogP contribution in [-0.4, -0.2) is 40.1 Å². The lowest BCUT2D eigenvalue weighted by molar-refractivity contribution is 0.253. The molecule has 0 aliphatic carbocycles. The number of rotatable bonds is 4. The Morgan fingerprint density at radius 1 is 1.15 bits per heavy atom. The van der Waals surface area contributed by atoms with Crippen LogP contribution in [0.25, 0.3) is 22.4 Å². The van der Waals surface area contributed by atoms with Crippen molar-refractivity contribution in [1.82, 2.24) is 14.9 Å². The number of pyridine rings is 1. The first-order valence-corrected chi connectivity index (χ1v) is 9.37. The van der Waals surface area contributed by atoms with Crippen molar-refractivity contribution in [2.24, 2.45) is 0 Å². The average Bonchev–Trinajstić information content (AvgIpc) is 3.14. The molecule has 0 unspecified atom stereocenters. The molecule has 5 heteroatoms. The topological polar surface area (TPSA) is 52.1 Å². The molecule has 27 heavy (non-hydrogen) atoms. The Hall–Kier alpha value is -2.50. The fourth-order valence-electron chi connectivity index (χ4n) is 3.89. The SMILES string of the molecule is CN1CCC(c2cc(-c3ccncc3CO)c(-c3ccc(F)cc3)[nH]2)CC1.